The maximum Gasteiger partial charge on any atom is 0.302 e. The molecule has 0 amide bonds. The lowest BCUT2D eigenvalue weighted by Crippen LogP contribution is -2.67. The number of fused-ring (bicyclic) bond motifs is 5. The molecular weight excluding hydrogens is 316 g/mol. The molecule has 4 heteroatoms. The van der Waals surface area contributed by atoms with Crippen LogP contribution in [0.1, 0.15) is 78.6 Å². The molecule has 4 fully saturated rings. The number of hydrogen-bond donors (Lipinski definition) is 1. The minimum Gasteiger partial charge on any atom is -0.462 e. The summed E-state index contributed by atoms with van der Waals surface area (Å²) in [6, 6.07) is 0. The average Bonchev–Trinajstić information content (AvgIpc) is 2.92. The van der Waals surface area contributed by atoms with Crippen LogP contribution in [0.5, 0.6) is 0 Å². The molecule has 25 heavy (non-hydrogen) atoms. The number of Topliss-reactive ketones (excluding diaryl/α,β-unsaturated/α-hetero) is 1. The molecule has 0 spiro atoms. The van der Waals surface area contributed by atoms with Crippen LogP contribution < -0.4 is 0 Å². The molecule has 4 aliphatic rings. The molecule has 4 rings (SSSR count). The summed E-state index contributed by atoms with van der Waals surface area (Å²) in [4.78, 5) is 24.5. The Labute approximate surface area is 150 Å². The van der Waals surface area contributed by atoms with Gasteiger partial charge in [-0.3, -0.25) is 9.59 Å². The fourth-order valence-corrected chi connectivity index (χ4v) is 7.33. The molecule has 2 unspecified atom stereocenters. The van der Waals surface area contributed by atoms with Crippen molar-refractivity contribution in [2.24, 2.45) is 28.6 Å². The number of carbonyl (C=O) groups excluding carboxylic acids is 2. The van der Waals surface area contributed by atoms with Gasteiger partial charge in [0.25, 0.3) is 0 Å². The quantitative estimate of drug-likeness (QED) is 0.735. The normalized spacial score (nSPS) is 52.1. The maximum atomic E-state index is 13.1. The second-order valence-corrected chi connectivity index (χ2v) is 9.84. The zero-order chi connectivity index (χ0) is 18.0. The van der Waals surface area contributed by atoms with E-state index in [0.29, 0.717) is 29.6 Å². The number of esters is 1. The second kappa shape index (κ2) is 5.55. The Bertz CT molecular complexity index is 601. The molecule has 0 heterocycles. The zero-order valence-corrected chi connectivity index (χ0v) is 15.8. The lowest BCUT2D eigenvalue weighted by molar-refractivity contribution is -0.215. The predicted octanol–water partition coefficient (Wildman–Crippen LogP) is 3.64. The molecule has 4 aliphatic carbocycles. The highest BCUT2D eigenvalue weighted by atomic mass is 16.5. The van der Waals surface area contributed by atoms with Crippen molar-refractivity contribution >= 4 is 11.8 Å². The number of aliphatic hydroxyl groups is 1. The van der Waals surface area contributed by atoms with Crippen molar-refractivity contribution in [3.8, 4) is 0 Å². The van der Waals surface area contributed by atoms with E-state index in [1.807, 2.05) is 0 Å². The zero-order valence-electron chi connectivity index (χ0n) is 15.8. The third kappa shape index (κ3) is 2.35. The fraction of sp³-hybridized carbons (Fsp3) is 0.905. The van der Waals surface area contributed by atoms with Crippen LogP contribution in [0.25, 0.3) is 0 Å². The predicted molar refractivity (Wildman–Crippen MR) is 93.7 cm³/mol. The molecule has 1 N–H and O–H groups in total. The number of hydrogen-bond acceptors (Lipinski definition) is 4. The number of carbonyl (C=O) groups is 2. The van der Waals surface area contributed by atoms with Gasteiger partial charge in [0.1, 0.15) is 11.7 Å². The Hall–Kier alpha value is -0.900. The minimum absolute atomic E-state index is 0.00394. The Morgan fingerprint density at radius 2 is 1.88 bits per heavy atom. The highest BCUT2D eigenvalue weighted by Crippen LogP contribution is 2.66. The maximum absolute atomic E-state index is 13.1. The topological polar surface area (TPSA) is 63.6 Å². The minimum atomic E-state index is -1.32. The van der Waals surface area contributed by atoms with Crippen LogP contribution in [0.4, 0.5) is 0 Å². The standard InChI is InChI=1S/C21H32O4/c1-13(22)25-14-6-10-20(3)17-7-9-19(2)8-4-5-16(19)15(17)11-18(23)21(20,24)12-14/h14-17,24H,4-12H2,1-3H3/t14?,15-,16-,17-,19-,20+,21?/m0/s1. The lowest BCUT2D eigenvalue weighted by Gasteiger charge is -2.62. The van der Waals surface area contributed by atoms with E-state index >= 15 is 0 Å². The molecule has 140 valence electrons. The van der Waals surface area contributed by atoms with Gasteiger partial charge in [-0.15, -0.1) is 0 Å². The van der Waals surface area contributed by atoms with Gasteiger partial charge in [-0.05, 0) is 61.7 Å². The summed E-state index contributed by atoms with van der Waals surface area (Å²) in [6.07, 6.45) is 8.20. The van der Waals surface area contributed by atoms with Crippen LogP contribution in [0.2, 0.25) is 0 Å². The first kappa shape index (κ1) is 17.5. The first-order valence-electron chi connectivity index (χ1n) is 10.1. The van der Waals surface area contributed by atoms with E-state index in [4.69, 9.17) is 4.74 Å². The van der Waals surface area contributed by atoms with Crippen molar-refractivity contribution < 1.29 is 19.4 Å². The Morgan fingerprint density at radius 1 is 1.12 bits per heavy atom. The van der Waals surface area contributed by atoms with E-state index in [1.165, 1.54) is 32.6 Å². The van der Waals surface area contributed by atoms with Crippen molar-refractivity contribution in [3.63, 3.8) is 0 Å². The molecule has 4 saturated carbocycles. The molecule has 0 aromatic heterocycles. The monoisotopic (exact) mass is 348 g/mol. The largest absolute Gasteiger partial charge is 0.462 e. The molecule has 0 bridgehead atoms. The second-order valence-electron chi connectivity index (χ2n) is 9.84. The molecular formula is C21H32O4. The van der Waals surface area contributed by atoms with Crippen molar-refractivity contribution in [1.82, 2.24) is 0 Å². The summed E-state index contributed by atoms with van der Waals surface area (Å²) in [5.41, 5.74) is -1.28. The highest BCUT2D eigenvalue weighted by Gasteiger charge is 2.66. The van der Waals surface area contributed by atoms with E-state index in [9.17, 15) is 14.7 Å². The molecule has 0 aliphatic heterocycles. The van der Waals surface area contributed by atoms with Crippen LogP contribution in [-0.2, 0) is 14.3 Å². The average molecular weight is 348 g/mol. The van der Waals surface area contributed by atoms with Gasteiger partial charge < -0.3 is 9.84 Å². The number of ketones is 1. The number of ether oxygens (including phenoxy) is 1. The van der Waals surface area contributed by atoms with Crippen molar-refractivity contribution in [2.75, 3.05) is 0 Å². The molecule has 0 radical (unpaired) electrons. The summed E-state index contributed by atoms with van der Waals surface area (Å²) in [5.74, 6) is 1.18. The molecule has 0 saturated heterocycles. The van der Waals surface area contributed by atoms with Crippen LogP contribution in [-0.4, -0.2) is 28.6 Å². The fourth-order valence-electron chi connectivity index (χ4n) is 7.33. The van der Waals surface area contributed by atoms with Gasteiger partial charge >= 0.3 is 5.97 Å². The Kier molecular flexibility index (Phi) is 3.89. The van der Waals surface area contributed by atoms with Gasteiger partial charge in [0.05, 0.1) is 0 Å². The van der Waals surface area contributed by atoms with Crippen LogP contribution >= 0.6 is 0 Å². The van der Waals surface area contributed by atoms with E-state index < -0.39 is 5.60 Å². The molecule has 0 aromatic rings. The van der Waals surface area contributed by atoms with Gasteiger partial charge in [-0.1, -0.05) is 20.3 Å². The van der Waals surface area contributed by atoms with Gasteiger partial charge in [0.2, 0.25) is 0 Å². The first-order chi connectivity index (χ1) is 11.7. The molecule has 4 nitrogen and oxygen atoms in total. The molecule has 7 atom stereocenters. The summed E-state index contributed by atoms with van der Waals surface area (Å²) in [6.45, 7) is 5.97. The summed E-state index contributed by atoms with van der Waals surface area (Å²) in [5, 5.41) is 11.5. The SMILES string of the molecule is CC(=O)OC1CC[C@]2(C)[C@H]3CC[C@]4(C)CCC[C@H]4[C@@H]3CC(=O)C2(O)C1. The first-order valence-corrected chi connectivity index (χ1v) is 10.1. The number of rotatable bonds is 1. The van der Waals surface area contributed by atoms with E-state index in [-0.39, 0.29) is 29.7 Å². The summed E-state index contributed by atoms with van der Waals surface area (Å²) >= 11 is 0. The van der Waals surface area contributed by atoms with E-state index in [0.717, 1.165) is 19.3 Å². The van der Waals surface area contributed by atoms with Gasteiger partial charge in [-0.2, -0.15) is 0 Å². The van der Waals surface area contributed by atoms with Gasteiger partial charge in [-0.25, -0.2) is 0 Å². The smallest absolute Gasteiger partial charge is 0.302 e. The van der Waals surface area contributed by atoms with Crippen molar-refractivity contribution in [2.45, 2.75) is 90.3 Å². The van der Waals surface area contributed by atoms with Crippen LogP contribution in [0.3, 0.4) is 0 Å². The third-order valence-corrected chi connectivity index (χ3v) is 8.71. The van der Waals surface area contributed by atoms with Gasteiger partial charge in [0.15, 0.2) is 5.78 Å². The third-order valence-electron chi connectivity index (χ3n) is 8.71. The van der Waals surface area contributed by atoms with Gasteiger partial charge in [0, 0.05) is 25.2 Å². The lowest BCUT2D eigenvalue weighted by atomic mass is 9.43. The highest BCUT2D eigenvalue weighted by molar-refractivity contribution is 5.89. The summed E-state index contributed by atoms with van der Waals surface area (Å²) in [7, 11) is 0. The Morgan fingerprint density at radius 3 is 2.60 bits per heavy atom. The van der Waals surface area contributed by atoms with Crippen LogP contribution in [0.15, 0.2) is 0 Å². The van der Waals surface area contributed by atoms with E-state index in [1.54, 1.807) is 0 Å². The van der Waals surface area contributed by atoms with Crippen molar-refractivity contribution in [1.29, 1.82) is 0 Å². The van der Waals surface area contributed by atoms with E-state index in [2.05, 4.69) is 13.8 Å². The Balaban J connectivity index is 1.65. The summed E-state index contributed by atoms with van der Waals surface area (Å²) < 4.78 is 5.37. The van der Waals surface area contributed by atoms with Crippen molar-refractivity contribution in [3.05, 3.63) is 0 Å². The molecule has 0 aromatic carbocycles. The van der Waals surface area contributed by atoms with Crippen LogP contribution in [0, 0.1) is 28.6 Å².